The van der Waals surface area contributed by atoms with Crippen molar-refractivity contribution in [2.75, 3.05) is 32.1 Å². The van der Waals surface area contributed by atoms with Crippen LogP contribution >= 0.6 is 0 Å². The maximum Gasteiger partial charge on any atom is 0.251 e. The van der Waals surface area contributed by atoms with E-state index in [0.29, 0.717) is 36.4 Å². The van der Waals surface area contributed by atoms with Gasteiger partial charge in [-0.05, 0) is 62.2 Å². The van der Waals surface area contributed by atoms with E-state index in [1.165, 1.54) is 23.5 Å². The summed E-state index contributed by atoms with van der Waals surface area (Å²) < 4.78 is 32.2. The Morgan fingerprint density at radius 3 is 2.39 bits per heavy atom. The second-order valence-corrected chi connectivity index (χ2v) is 9.22. The number of benzene rings is 2. The van der Waals surface area contributed by atoms with Gasteiger partial charge in [0, 0.05) is 36.8 Å². The number of carbonyl (C=O) groups excluding carboxylic acids is 2. The number of sulfonamides is 1. The molecule has 3 rings (SSSR count). The molecule has 1 heterocycles. The molecule has 0 saturated carbocycles. The Kier molecular flexibility index (Phi) is 7.29. The van der Waals surface area contributed by atoms with Gasteiger partial charge in [0.25, 0.3) is 5.91 Å². The molecule has 0 atom stereocenters. The zero-order valence-corrected chi connectivity index (χ0v) is 18.4. The van der Waals surface area contributed by atoms with E-state index >= 15 is 0 Å². The van der Waals surface area contributed by atoms with Crippen LogP contribution in [0.4, 0.5) is 5.69 Å². The van der Waals surface area contributed by atoms with E-state index in [1.54, 1.807) is 36.4 Å². The Morgan fingerprint density at radius 2 is 1.77 bits per heavy atom. The number of hydrogen-bond acceptors (Lipinski definition) is 5. The molecule has 0 radical (unpaired) electrons. The number of methoxy groups -OCH3 is 1. The Hall–Kier alpha value is -2.91. The number of piperidine rings is 1. The molecule has 31 heavy (non-hydrogen) atoms. The molecule has 8 nitrogen and oxygen atoms in total. The number of anilines is 1. The van der Waals surface area contributed by atoms with Gasteiger partial charge in [0.15, 0.2) is 0 Å². The third-order valence-electron chi connectivity index (χ3n) is 5.25. The van der Waals surface area contributed by atoms with Crippen molar-refractivity contribution in [2.24, 2.45) is 5.92 Å². The number of hydrogen-bond donors (Lipinski definition) is 2. The number of ether oxygens (including phenoxy) is 1. The molecule has 0 spiro atoms. The maximum atomic E-state index is 12.9. The molecule has 9 heteroatoms. The Bertz CT molecular complexity index is 1030. The van der Waals surface area contributed by atoms with Gasteiger partial charge in [-0.25, -0.2) is 8.42 Å². The van der Waals surface area contributed by atoms with Gasteiger partial charge in [-0.1, -0.05) is 6.07 Å². The largest absolute Gasteiger partial charge is 0.497 e. The van der Waals surface area contributed by atoms with Crippen molar-refractivity contribution in [1.29, 1.82) is 0 Å². The number of nitrogens with zero attached hydrogens (tertiary/aromatic N) is 1. The minimum atomic E-state index is -3.61. The lowest BCUT2D eigenvalue weighted by molar-refractivity contribution is -0.120. The quantitative estimate of drug-likeness (QED) is 0.681. The lowest BCUT2D eigenvalue weighted by Crippen LogP contribution is -2.41. The van der Waals surface area contributed by atoms with Crippen LogP contribution in [-0.2, 0) is 14.8 Å². The normalized spacial score (nSPS) is 15.3. The van der Waals surface area contributed by atoms with E-state index in [4.69, 9.17) is 4.74 Å². The smallest absolute Gasteiger partial charge is 0.251 e. The third kappa shape index (κ3) is 5.42. The highest BCUT2D eigenvalue weighted by Gasteiger charge is 2.32. The summed E-state index contributed by atoms with van der Waals surface area (Å²) in [6.45, 7) is 2.90. The molecule has 0 aliphatic carbocycles. The SMILES string of the molecule is CCNC(=O)c1cccc(NC(=O)C2CCN(S(=O)(=O)c3ccc(OC)cc3)CC2)c1. The van der Waals surface area contributed by atoms with Crippen LogP contribution < -0.4 is 15.4 Å². The molecule has 0 bridgehead atoms. The summed E-state index contributed by atoms with van der Waals surface area (Å²) in [5.74, 6) is -0.0776. The Labute approximate surface area is 182 Å². The van der Waals surface area contributed by atoms with Crippen LogP contribution in [0.5, 0.6) is 5.75 Å². The zero-order valence-electron chi connectivity index (χ0n) is 17.6. The minimum absolute atomic E-state index is 0.172. The van der Waals surface area contributed by atoms with Crippen molar-refractivity contribution >= 4 is 27.5 Å². The monoisotopic (exact) mass is 445 g/mol. The van der Waals surface area contributed by atoms with Crippen molar-refractivity contribution in [3.8, 4) is 5.75 Å². The molecule has 166 valence electrons. The lowest BCUT2D eigenvalue weighted by atomic mass is 9.97. The summed E-state index contributed by atoms with van der Waals surface area (Å²) >= 11 is 0. The van der Waals surface area contributed by atoms with E-state index in [-0.39, 0.29) is 35.7 Å². The van der Waals surface area contributed by atoms with Gasteiger partial charge in [-0.3, -0.25) is 9.59 Å². The standard InChI is InChI=1S/C22H27N3O5S/c1-3-23-21(26)17-5-4-6-18(15-17)24-22(27)16-11-13-25(14-12-16)31(28,29)20-9-7-19(30-2)8-10-20/h4-10,15-16H,3,11-14H2,1-2H3,(H,23,26)(H,24,27). The van der Waals surface area contributed by atoms with Crippen molar-refractivity contribution < 1.29 is 22.7 Å². The molecular weight excluding hydrogens is 418 g/mol. The second-order valence-electron chi connectivity index (χ2n) is 7.28. The molecule has 2 aromatic carbocycles. The fourth-order valence-electron chi connectivity index (χ4n) is 3.50. The van der Waals surface area contributed by atoms with Crippen molar-refractivity contribution in [2.45, 2.75) is 24.7 Å². The first-order chi connectivity index (χ1) is 14.8. The summed E-state index contributed by atoms with van der Waals surface area (Å²) in [5.41, 5.74) is 1.02. The van der Waals surface area contributed by atoms with Crippen LogP contribution in [0.3, 0.4) is 0 Å². The highest BCUT2D eigenvalue weighted by Crippen LogP contribution is 2.26. The van der Waals surface area contributed by atoms with Crippen LogP contribution in [0.15, 0.2) is 53.4 Å². The molecule has 2 aromatic rings. The average molecular weight is 446 g/mol. The van der Waals surface area contributed by atoms with Crippen molar-refractivity contribution in [3.63, 3.8) is 0 Å². The first-order valence-corrected chi connectivity index (χ1v) is 11.6. The van der Waals surface area contributed by atoms with E-state index in [0.717, 1.165) is 0 Å². The molecule has 2 amide bonds. The fourth-order valence-corrected chi connectivity index (χ4v) is 4.97. The summed E-state index contributed by atoms with van der Waals surface area (Å²) in [7, 11) is -2.09. The predicted molar refractivity (Wildman–Crippen MR) is 118 cm³/mol. The van der Waals surface area contributed by atoms with E-state index in [1.807, 2.05) is 6.92 Å². The predicted octanol–water partition coefficient (Wildman–Crippen LogP) is 2.48. The van der Waals surface area contributed by atoms with Crippen molar-refractivity contribution in [3.05, 3.63) is 54.1 Å². The zero-order chi connectivity index (χ0) is 22.4. The lowest BCUT2D eigenvalue weighted by Gasteiger charge is -2.30. The van der Waals surface area contributed by atoms with Gasteiger partial charge < -0.3 is 15.4 Å². The van der Waals surface area contributed by atoms with Crippen LogP contribution in [0.25, 0.3) is 0 Å². The second kappa shape index (κ2) is 9.93. The number of amides is 2. The first kappa shape index (κ1) is 22.8. The van der Waals surface area contributed by atoms with Gasteiger partial charge in [0.2, 0.25) is 15.9 Å². The fraction of sp³-hybridized carbons (Fsp3) is 0.364. The van der Waals surface area contributed by atoms with Gasteiger partial charge in [-0.2, -0.15) is 4.31 Å². The number of nitrogens with one attached hydrogen (secondary N) is 2. The van der Waals surface area contributed by atoms with E-state index in [9.17, 15) is 18.0 Å². The van der Waals surface area contributed by atoms with Crippen LogP contribution in [0.1, 0.15) is 30.1 Å². The summed E-state index contributed by atoms with van der Waals surface area (Å²) in [4.78, 5) is 24.9. The topological polar surface area (TPSA) is 105 Å². The van der Waals surface area contributed by atoms with Crippen LogP contribution in [0, 0.1) is 5.92 Å². The molecule has 1 fully saturated rings. The maximum absolute atomic E-state index is 12.9. The van der Waals surface area contributed by atoms with Gasteiger partial charge in [-0.15, -0.1) is 0 Å². The summed E-state index contributed by atoms with van der Waals surface area (Å²) in [5, 5.41) is 5.57. The van der Waals surface area contributed by atoms with Crippen molar-refractivity contribution in [1.82, 2.24) is 9.62 Å². The Morgan fingerprint density at radius 1 is 1.10 bits per heavy atom. The van der Waals surface area contributed by atoms with Gasteiger partial charge >= 0.3 is 0 Å². The Balaban J connectivity index is 1.59. The first-order valence-electron chi connectivity index (χ1n) is 10.2. The van der Waals surface area contributed by atoms with Gasteiger partial charge in [0.1, 0.15) is 5.75 Å². The summed E-state index contributed by atoms with van der Waals surface area (Å²) in [6, 6.07) is 13.0. The van der Waals surface area contributed by atoms with Crippen LogP contribution in [-0.4, -0.2) is 51.3 Å². The molecule has 0 aromatic heterocycles. The number of rotatable bonds is 7. The molecule has 0 unspecified atom stereocenters. The highest BCUT2D eigenvalue weighted by molar-refractivity contribution is 7.89. The van der Waals surface area contributed by atoms with E-state index < -0.39 is 10.0 Å². The minimum Gasteiger partial charge on any atom is -0.497 e. The van der Waals surface area contributed by atoms with Crippen LogP contribution in [0.2, 0.25) is 0 Å². The van der Waals surface area contributed by atoms with Gasteiger partial charge in [0.05, 0.1) is 12.0 Å². The summed E-state index contributed by atoms with van der Waals surface area (Å²) in [6.07, 6.45) is 0.856. The molecule has 1 aliphatic heterocycles. The number of carbonyl (C=O) groups is 2. The third-order valence-corrected chi connectivity index (χ3v) is 7.16. The van der Waals surface area contributed by atoms with E-state index in [2.05, 4.69) is 10.6 Å². The molecule has 1 saturated heterocycles. The molecule has 1 aliphatic rings. The molecule has 2 N–H and O–H groups in total. The molecular formula is C22H27N3O5S. The highest BCUT2D eigenvalue weighted by atomic mass is 32.2. The average Bonchev–Trinajstić information content (AvgIpc) is 2.79.